The van der Waals surface area contributed by atoms with E-state index in [1.54, 1.807) is 32.4 Å². The number of methoxy groups -OCH3 is 2. The van der Waals surface area contributed by atoms with Crippen LogP contribution in [-0.4, -0.2) is 31.4 Å². The van der Waals surface area contributed by atoms with Crippen LogP contribution in [0.4, 0.5) is 0 Å². The number of hydrogen-bond donors (Lipinski definition) is 1. The van der Waals surface area contributed by atoms with Gasteiger partial charge >= 0.3 is 5.97 Å². The first-order chi connectivity index (χ1) is 8.55. The van der Waals surface area contributed by atoms with Crippen LogP contribution < -0.4 is 14.2 Å². The van der Waals surface area contributed by atoms with Crippen molar-refractivity contribution in [3.05, 3.63) is 18.2 Å². The van der Waals surface area contributed by atoms with Gasteiger partial charge in [0.1, 0.15) is 17.2 Å². The SMILES string of the molecule is COc1cc(OC)cc(OC(C)CCC(=O)O)c1. The Kier molecular flexibility index (Phi) is 5.30. The highest BCUT2D eigenvalue weighted by Gasteiger charge is 2.09. The first-order valence-corrected chi connectivity index (χ1v) is 5.66. The normalized spacial score (nSPS) is 11.7. The lowest BCUT2D eigenvalue weighted by molar-refractivity contribution is -0.137. The number of benzene rings is 1. The van der Waals surface area contributed by atoms with Gasteiger partial charge in [-0.05, 0) is 13.3 Å². The van der Waals surface area contributed by atoms with Crippen LogP contribution in [-0.2, 0) is 4.79 Å². The molecule has 0 fully saturated rings. The Hall–Kier alpha value is -1.91. The van der Waals surface area contributed by atoms with Gasteiger partial charge in [0, 0.05) is 24.6 Å². The van der Waals surface area contributed by atoms with E-state index in [0.717, 1.165) is 0 Å². The molecule has 0 saturated heterocycles. The highest BCUT2D eigenvalue weighted by molar-refractivity contribution is 5.66. The number of carboxylic acids is 1. The van der Waals surface area contributed by atoms with E-state index in [4.69, 9.17) is 19.3 Å². The maximum absolute atomic E-state index is 10.5. The largest absolute Gasteiger partial charge is 0.496 e. The van der Waals surface area contributed by atoms with Crippen molar-refractivity contribution in [3.8, 4) is 17.2 Å². The third-order valence-corrected chi connectivity index (χ3v) is 2.43. The smallest absolute Gasteiger partial charge is 0.303 e. The molecule has 0 aromatic heterocycles. The molecule has 1 unspecified atom stereocenters. The monoisotopic (exact) mass is 254 g/mol. The van der Waals surface area contributed by atoms with Crippen molar-refractivity contribution in [2.24, 2.45) is 0 Å². The number of carbonyl (C=O) groups is 1. The van der Waals surface area contributed by atoms with E-state index in [1.807, 2.05) is 6.92 Å². The van der Waals surface area contributed by atoms with E-state index in [-0.39, 0.29) is 12.5 Å². The molecule has 0 spiro atoms. The molecule has 1 N–H and O–H groups in total. The Morgan fingerprint density at radius 1 is 1.17 bits per heavy atom. The molecule has 18 heavy (non-hydrogen) atoms. The fourth-order valence-corrected chi connectivity index (χ4v) is 1.47. The molecule has 0 amide bonds. The summed E-state index contributed by atoms with van der Waals surface area (Å²) in [6.07, 6.45) is 0.356. The molecular formula is C13H18O5. The average molecular weight is 254 g/mol. The van der Waals surface area contributed by atoms with E-state index >= 15 is 0 Å². The van der Waals surface area contributed by atoms with E-state index in [9.17, 15) is 4.79 Å². The van der Waals surface area contributed by atoms with Gasteiger partial charge in [-0.15, -0.1) is 0 Å². The summed E-state index contributed by atoms with van der Waals surface area (Å²) in [6.45, 7) is 1.83. The third-order valence-electron chi connectivity index (χ3n) is 2.43. The van der Waals surface area contributed by atoms with Crippen molar-refractivity contribution in [1.82, 2.24) is 0 Å². The summed E-state index contributed by atoms with van der Waals surface area (Å²) in [6, 6.07) is 5.22. The standard InChI is InChI=1S/C13H18O5/c1-9(4-5-13(14)15)18-12-7-10(16-2)6-11(8-12)17-3/h6-9H,4-5H2,1-3H3,(H,14,15). The van der Waals surface area contributed by atoms with Crippen LogP contribution in [0.5, 0.6) is 17.2 Å². The number of hydrogen-bond acceptors (Lipinski definition) is 4. The van der Waals surface area contributed by atoms with Crippen LogP contribution in [0.2, 0.25) is 0 Å². The van der Waals surface area contributed by atoms with Crippen molar-refractivity contribution in [2.75, 3.05) is 14.2 Å². The van der Waals surface area contributed by atoms with Crippen molar-refractivity contribution < 1.29 is 24.1 Å². The third kappa shape index (κ3) is 4.53. The lowest BCUT2D eigenvalue weighted by Crippen LogP contribution is -2.13. The Labute approximate surface area is 106 Å². The van der Waals surface area contributed by atoms with Gasteiger partial charge in [0.25, 0.3) is 0 Å². The Bertz CT molecular complexity index is 380. The fraction of sp³-hybridized carbons (Fsp3) is 0.462. The topological polar surface area (TPSA) is 65.0 Å². The van der Waals surface area contributed by atoms with Crippen LogP contribution in [0.15, 0.2) is 18.2 Å². The number of carboxylic acid groups (broad SMARTS) is 1. The van der Waals surface area contributed by atoms with Gasteiger partial charge in [0.15, 0.2) is 0 Å². The summed E-state index contributed by atoms with van der Waals surface area (Å²) < 4.78 is 15.9. The quantitative estimate of drug-likeness (QED) is 0.809. The first kappa shape index (κ1) is 14.2. The highest BCUT2D eigenvalue weighted by atomic mass is 16.5. The number of ether oxygens (including phenoxy) is 3. The van der Waals surface area contributed by atoms with Crippen LogP contribution >= 0.6 is 0 Å². The summed E-state index contributed by atoms with van der Waals surface area (Å²) in [5.74, 6) is 1.04. The molecule has 1 aromatic carbocycles. The number of rotatable bonds is 7. The van der Waals surface area contributed by atoms with Crippen molar-refractivity contribution in [1.29, 1.82) is 0 Å². The van der Waals surface area contributed by atoms with Crippen LogP contribution in [0.25, 0.3) is 0 Å². The van der Waals surface area contributed by atoms with E-state index in [1.165, 1.54) is 0 Å². The molecule has 5 heteroatoms. The average Bonchev–Trinajstić information content (AvgIpc) is 2.35. The maximum Gasteiger partial charge on any atom is 0.303 e. The highest BCUT2D eigenvalue weighted by Crippen LogP contribution is 2.28. The molecule has 0 aliphatic rings. The van der Waals surface area contributed by atoms with Gasteiger partial charge < -0.3 is 19.3 Å². The Morgan fingerprint density at radius 2 is 1.67 bits per heavy atom. The van der Waals surface area contributed by atoms with E-state index < -0.39 is 5.97 Å². The van der Waals surface area contributed by atoms with E-state index in [2.05, 4.69) is 0 Å². The first-order valence-electron chi connectivity index (χ1n) is 5.66. The molecule has 1 aromatic rings. The molecular weight excluding hydrogens is 236 g/mol. The summed E-state index contributed by atoms with van der Waals surface area (Å²) in [5.41, 5.74) is 0. The molecule has 0 saturated carbocycles. The second-order valence-corrected chi connectivity index (χ2v) is 3.91. The van der Waals surface area contributed by atoms with Crippen LogP contribution in [0, 0.1) is 0 Å². The van der Waals surface area contributed by atoms with Crippen molar-refractivity contribution >= 4 is 5.97 Å². The Balaban J connectivity index is 2.67. The summed E-state index contributed by atoms with van der Waals surface area (Å²) in [4.78, 5) is 10.5. The molecule has 0 radical (unpaired) electrons. The van der Waals surface area contributed by atoms with Gasteiger partial charge in [-0.1, -0.05) is 0 Å². The molecule has 0 aliphatic heterocycles. The summed E-state index contributed by atoms with van der Waals surface area (Å²) >= 11 is 0. The van der Waals surface area contributed by atoms with Gasteiger partial charge in [-0.25, -0.2) is 0 Å². The zero-order chi connectivity index (χ0) is 13.5. The van der Waals surface area contributed by atoms with Crippen molar-refractivity contribution in [2.45, 2.75) is 25.9 Å². The zero-order valence-corrected chi connectivity index (χ0v) is 10.8. The van der Waals surface area contributed by atoms with Gasteiger partial charge in [0.2, 0.25) is 0 Å². The lowest BCUT2D eigenvalue weighted by atomic mass is 10.2. The second kappa shape index (κ2) is 6.74. The van der Waals surface area contributed by atoms with Crippen LogP contribution in [0.1, 0.15) is 19.8 Å². The predicted octanol–water partition coefficient (Wildman–Crippen LogP) is 2.34. The minimum absolute atomic E-state index is 0.0856. The minimum atomic E-state index is -0.825. The van der Waals surface area contributed by atoms with Gasteiger partial charge in [0.05, 0.1) is 20.3 Å². The Morgan fingerprint density at radius 3 is 2.11 bits per heavy atom. The second-order valence-electron chi connectivity index (χ2n) is 3.91. The minimum Gasteiger partial charge on any atom is -0.496 e. The molecule has 100 valence electrons. The maximum atomic E-state index is 10.5. The molecule has 5 nitrogen and oxygen atoms in total. The molecule has 1 atom stereocenters. The summed E-state index contributed by atoms with van der Waals surface area (Å²) in [5, 5.41) is 8.60. The zero-order valence-electron chi connectivity index (χ0n) is 10.8. The molecule has 0 bridgehead atoms. The molecule has 0 heterocycles. The fourth-order valence-electron chi connectivity index (χ4n) is 1.47. The lowest BCUT2D eigenvalue weighted by Gasteiger charge is -2.15. The van der Waals surface area contributed by atoms with E-state index in [0.29, 0.717) is 23.7 Å². The van der Waals surface area contributed by atoms with Gasteiger partial charge in [-0.2, -0.15) is 0 Å². The van der Waals surface area contributed by atoms with Gasteiger partial charge in [-0.3, -0.25) is 4.79 Å². The van der Waals surface area contributed by atoms with Crippen LogP contribution in [0.3, 0.4) is 0 Å². The number of aliphatic carboxylic acids is 1. The molecule has 0 aliphatic carbocycles. The molecule has 1 rings (SSSR count). The summed E-state index contributed by atoms with van der Waals surface area (Å²) in [7, 11) is 3.12. The van der Waals surface area contributed by atoms with Crippen molar-refractivity contribution in [3.63, 3.8) is 0 Å². The predicted molar refractivity (Wildman–Crippen MR) is 66.5 cm³/mol.